The lowest BCUT2D eigenvalue weighted by Crippen LogP contribution is -2.35. The largest absolute Gasteiger partial charge is 0.459 e. The molecule has 1 aliphatic heterocycles. The van der Waals surface area contributed by atoms with E-state index in [2.05, 4.69) is 5.16 Å². The molecule has 5 nitrogen and oxygen atoms in total. The molecule has 0 atom stereocenters. The van der Waals surface area contributed by atoms with Gasteiger partial charge < -0.3 is 13.8 Å². The van der Waals surface area contributed by atoms with Crippen molar-refractivity contribution in [1.29, 1.82) is 0 Å². The van der Waals surface area contributed by atoms with Gasteiger partial charge in [-0.3, -0.25) is 4.79 Å². The molecule has 0 N–H and O–H groups in total. The first-order valence-electron chi connectivity index (χ1n) is 5.52. The van der Waals surface area contributed by atoms with Crippen LogP contribution in [-0.2, 0) is 13.0 Å². The van der Waals surface area contributed by atoms with Gasteiger partial charge in [0.2, 0.25) is 0 Å². The highest BCUT2D eigenvalue weighted by molar-refractivity contribution is 5.91. The second kappa shape index (κ2) is 3.76. The molecule has 0 unspecified atom stereocenters. The zero-order valence-electron chi connectivity index (χ0n) is 9.47. The molecule has 0 saturated heterocycles. The Morgan fingerprint density at radius 3 is 3.18 bits per heavy atom. The van der Waals surface area contributed by atoms with Gasteiger partial charge in [0.25, 0.3) is 5.91 Å². The van der Waals surface area contributed by atoms with Gasteiger partial charge in [0.05, 0.1) is 18.5 Å². The van der Waals surface area contributed by atoms with E-state index in [0.29, 0.717) is 18.8 Å². The summed E-state index contributed by atoms with van der Waals surface area (Å²) in [7, 11) is 0. The minimum Gasteiger partial charge on any atom is -0.459 e. The van der Waals surface area contributed by atoms with Gasteiger partial charge in [-0.25, -0.2) is 0 Å². The third-order valence-corrected chi connectivity index (χ3v) is 3.05. The molecule has 0 spiro atoms. The Labute approximate surface area is 98.0 Å². The van der Waals surface area contributed by atoms with Crippen LogP contribution >= 0.6 is 0 Å². The lowest BCUT2D eigenvalue weighted by Gasteiger charge is -2.24. The molecule has 2 aromatic heterocycles. The number of nitrogens with zero attached hydrogens (tertiary/aromatic N) is 2. The summed E-state index contributed by atoms with van der Waals surface area (Å²) in [4.78, 5) is 13.8. The number of aromatic nitrogens is 1. The molecule has 2 aromatic rings. The first kappa shape index (κ1) is 10.1. The van der Waals surface area contributed by atoms with Crippen LogP contribution in [0.5, 0.6) is 0 Å². The summed E-state index contributed by atoms with van der Waals surface area (Å²) in [6, 6.07) is 3.38. The van der Waals surface area contributed by atoms with Crippen molar-refractivity contribution in [3.63, 3.8) is 0 Å². The number of hydrogen-bond acceptors (Lipinski definition) is 4. The number of carbonyl (C=O) groups excluding carboxylic acids is 1. The van der Waals surface area contributed by atoms with E-state index in [4.69, 9.17) is 8.94 Å². The summed E-state index contributed by atoms with van der Waals surface area (Å²) in [5, 5.41) is 3.92. The van der Waals surface area contributed by atoms with Gasteiger partial charge in [0.15, 0.2) is 11.5 Å². The molecule has 17 heavy (non-hydrogen) atoms. The summed E-state index contributed by atoms with van der Waals surface area (Å²) in [6.07, 6.45) is 2.29. The predicted molar refractivity (Wildman–Crippen MR) is 58.4 cm³/mol. The monoisotopic (exact) mass is 232 g/mol. The van der Waals surface area contributed by atoms with Crippen LogP contribution in [0.1, 0.15) is 27.6 Å². The third-order valence-electron chi connectivity index (χ3n) is 3.05. The lowest BCUT2D eigenvalue weighted by atomic mass is 10.1. The van der Waals surface area contributed by atoms with Gasteiger partial charge in [-0.05, 0) is 25.5 Å². The number of furan rings is 1. The smallest absolute Gasteiger partial charge is 0.289 e. The first-order chi connectivity index (χ1) is 8.25. The lowest BCUT2D eigenvalue weighted by molar-refractivity contribution is 0.0683. The summed E-state index contributed by atoms with van der Waals surface area (Å²) >= 11 is 0. The maximum Gasteiger partial charge on any atom is 0.289 e. The molecule has 0 aromatic carbocycles. The topological polar surface area (TPSA) is 59.5 Å². The molecular weight excluding hydrogens is 220 g/mol. The van der Waals surface area contributed by atoms with E-state index >= 15 is 0 Å². The first-order valence-corrected chi connectivity index (χ1v) is 5.52. The van der Waals surface area contributed by atoms with Crippen LogP contribution in [0.4, 0.5) is 0 Å². The van der Waals surface area contributed by atoms with Crippen LogP contribution in [0.25, 0.3) is 0 Å². The number of amides is 1. The van der Waals surface area contributed by atoms with Gasteiger partial charge >= 0.3 is 0 Å². The van der Waals surface area contributed by atoms with E-state index in [1.807, 2.05) is 6.92 Å². The summed E-state index contributed by atoms with van der Waals surface area (Å²) < 4.78 is 10.3. The van der Waals surface area contributed by atoms with Gasteiger partial charge in [-0.1, -0.05) is 5.16 Å². The van der Waals surface area contributed by atoms with E-state index in [9.17, 15) is 4.79 Å². The molecule has 0 bridgehead atoms. The van der Waals surface area contributed by atoms with Crippen molar-refractivity contribution < 1.29 is 13.7 Å². The number of hydrogen-bond donors (Lipinski definition) is 0. The molecule has 0 aliphatic carbocycles. The van der Waals surface area contributed by atoms with Crippen molar-refractivity contribution >= 4 is 5.91 Å². The fraction of sp³-hybridized carbons (Fsp3) is 0.333. The fourth-order valence-electron chi connectivity index (χ4n) is 2.11. The van der Waals surface area contributed by atoms with E-state index in [-0.39, 0.29) is 5.91 Å². The third kappa shape index (κ3) is 1.63. The molecule has 0 radical (unpaired) electrons. The molecule has 88 valence electrons. The van der Waals surface area contributed by atoms with Crippen molar-refractivity contribution in [2.75, 3.05) is 6.54 Å². The summed E-state index contributed by atoms with van der Waals surface area (Å²) in [5.74, 6) is 1.05. The number of fused-ring (bicyclic) bond motifs is 1. The maximum atomic E-state index is 12.0. The van der Waals surface area contributed by atoms with Crippen LogP contribution in [0, 0.1) is 6.92 Å². The molecule has 5 heteroatoms. The second-order valence-corrected chi connectivity index (χ2v) is 4.12. The normalized spacial score (nSPS) is 14.8. The van der Waals surface area contributed by atoms with E-state index < -0.39 is 0 Å². The number of rotatable bonds is 1. The van der Waals surface area contributed by atoms with Crippen molar-refractivity contribution in [3.05, 3.63) is 41.2 Å². The molecule has 0 saturated carbocycles. The standard InChI is InChI=1S/C12H12N2O3/c1-8-9-4-5-14(7-11(9)17-13-8)12(15)10-3-2-6-16-10/h2-3,6H,4-5,7H2,1H3. The van der Waals surface area contributed by atoms with Crippen LogP contribution < -0.4 is 0 Å². The minimum atomic E-state index is -0.102. The van der Waals surface area contributed by atoms with Crippen molar-refractivity contribution in [1.82, 2.24) is 10.1 Å². The van der Waals surface area contributed by atoms with E-state index in [0.717, 1.165) is 23.4 Å². The van der Waals surface area contributed by atoms with Gasteiger partial charge in [0, 0.05) is 12.1 Å². The van der Waals surface area contributed by atoms with E-state index in [1.54, 1.807) is 17.0 Å². The highest BCUT2D eigenvalue weighted by Crippen LogP contribution is 2.22. The second-order valence-electron chi connectivity index (χ2n) is 4.12. The highest BCUT2D eigenvalue weighted by atomic mass is 16.5. The van der Waals surface area contributed by atoms with Crippen LogP contribution in [0.2, 0.25) is 0 Å². The molecular formula is C12H12N2O3. The maximum absolute atomic E-state index is 12.0. The Morgan fingerprint density at radius 1 is 1.53 bits per heavy atom. The Hall–Kier alpha value is -2.04. The SMILES string of the molecule is Cc1noc2c1CCN(C(=O)c1ccco1)C2. The molecule has 0 fully saturated rings. The van der Waals surface area contributed by atoms with Gasteiger partial charge in [-0.2, -0.15) is 0 Å². The van der Waals surface area contributed by atoms with Gasteiger partial charge in [-0.15, -0.1) is 0 Å². The Kier molecular flexibility index (Phi) is 2.24. The number of aryl methyl sites for hydroxylation is 1. The highest BCUT2D eigenvalue weighted by Gasteiger charge is 2.27. The molecule has 3 heterocycles. The zero-order chi connectivity index (χ0) is 11.8. The quantitative estimate of drug-likeness (QED) is 0.751. The average molecular weight is 232 g/mol. The Morgan fingerprint density at radius 2 is 2.41 bits per heavy atom. The van der Waals surface area contributed by atoms with Crippen molar-refractivity contribution in [2.45, 2.75) is 19.9 Å². The minimum absolute atomic E-state index is 0.102. The van der Waals surface area contributed by atoms with Crippen LogP contribution in [0.15, 0.2) is 27.3 Å². The Bertz CT molecular complexity index is 542. The van der Waals surface area contributed by atoms with Crippen LogP contribution in [-0.4, -0.2) is 22.5 Å². The van der Waals surface area contributed by atoms with Gasteiger partial charge in [0.1, 0.15) is 0 Å². The van der Waals surface area contributed by atoms with Crippen LogP contribution in [0.3, 0.4) is 0 Å². The fourth-order valence-corrected chi connectivity index (χ4v) is 2.11. The molecule has 1 aliphatic rings. The summed E-state index contributed by atoms with van der Waals surface area (Å²) in [5.41, 5.74) is 2.05. The Balaban J connectivity index is 1.83. The van der Waals surface area contributed by atoms with E-state index in [1.165, 1.54) is 6.26 Å². The molecule has 3 rings (SSSR count). The van der Waals surface area contributed by atoms with Crippen molar-refractivity contribution in [3.8, 4) is 0 Å². The summed E-state index contributed by atoms with van der Waals surface area (Å²) in [6.45, 7) is 3.07. The number of carbonyl (C=O) groups is 1. The average Bonchev–Trinajstić information content (AvgIpc) is 2.98. The molecule has 1 amide bonds. The predicted octanol–water partition coefficient (Wildman–Crippen LogP) is 1.77. The zero-order valence-corrected chi connectivity index (χ0v) is 9.47. The van der Waals surface area contributed by atoms with Crippen molar-refractivity contribution in [2.24, 2.45) is 0 Å².